The second kappa shape index (κ2) is 9.62. The van der Waals surface area contributed by atoms with E-state index in [0.717, 1.165) is 31.4 Å². The van der Waals surface area contributed by atoms with Crippen molar-refractivity contribution in [3.63, 3.8) is 0 Å². The number of hydrazone groups is 1. The van der Waals surface area contributed by atoms with Crippen molar-refractivity contribution < 1.29 is 14.8 Å². The fraction of sp³-hybridized carbons (Fsp3) is 0.389. The molecule has 1 saturated carbocycles. The molecule has 2 rings (SSSR count). The molecule has 1 fully saturated rings. The van der Waals surface area contributed by atoms with Crippen molar-refractivity contribution >= 4 is 23.6 Å². The lowest BCUT2D eigenvalue weighted by molar-refractivity contribution is -0.124. The lowest BCUT2D eigenvalue weighted by atomic mass is 9.99. The number of hydrogen-bond donors (Lipinski definition) is 3. The molecular weight excluding hydrogens is 306 g/mol. The average molecular weight is 329 g/mol. The summed E-state index contributed by atoms with van der Waals surface area (Å²) < 4.78 is 0. The van der Waals surface area contributed by atoms with Crippen LogP contribution in [0.15, 0.2) is 35.4 Å². The zero-order chi connectivity index (χ0) is 17.2. The molecular formula is C18H23N3O3. The predicted molar refractivity (Wildman–Crippen MR) is 92.6 cm³/mol. The van der Waals surface area contributed by atoms with Crippen LogP contribution in [0, 0.1) is 0 Å². The number of hydroxylamine groups is 1. The highest BCUT2D eigenvalue weighted by Crippen LogP contribution is 2.15. The Kier molecular flexibility index (Phi) is 7.17. The van der Waals surface area contributed by atoms with Crippen LogP contribution >= 0.6 is 0 Å². The molecule has 1 aromatic rings. The van der Waals surface area contributed by atoms with Gasteiger partial charge in [-0.2, -0.15) is 5.10 Å². The zero-order valence-electron chi connectivity index (χ0n) is 13.6. The van der Waals surface area contributed by atoms with Crippen LogP contribution in [0.5, 0.6) is 0 Å². The van der Waals surface area contributed by atoms with Crippen molar-refractivity contribution in [2.24, 2.45) is 5.10 Å². The topological polar surface area (TPSA) is 90.8 Å². The van der Waals surface area contributed by atoms with E-state index in [1.807, 2.05) is 0 Å². The van der Waals surface area contributed by atoms with Crippen molar-refractivity contribution in [3.05, 3.63) is 41.5 Å². The van der Waals surface area contributed by atoms with Crippen LogP contribution in [-0.2, 0) is 4.79 Å². The molecule has 2 amide bonds. The molecule has 24 heavy (non-hydrogen) atoms. The van der Waals surface area contributed by atoms with Gasteiger partial charge in [0.05, 0.1) is 0 Å². The molecule has 3 N–H and O–H groups in total. The third kappa shape index (κ3) is 5.96. The van der Waals surface area contributed by atoms with Gasteiger partial charge in [-0.3, -0.25) is 14.8 Å². The summed E-state index contributed by atoms with van der Waals surface area (Å²) in [5.41, 5.74) is 6.35. The third-order valence-corrected chi connectivity index (χ3v) is 3.93. The van der Waals surface area contributed by atoms with Gasteiger partial charge in [0.25, 0.3) is 11.8 Å². The molecule has 0 aliphatic heterocycles. The molecule has 0 saturated heterocycles. The maximum atomic E-state index is 12.2. The van der Waals surface area contributed by atoms with E-state index in [1.54, 1.807) is 24.3 Å². The largest absolute Gasteiger partial charge is 0.288 e. The van der Waals surface area contributed by atoms with E-state index in [1.165, 1.54) is 36.9 Å². The molecule has 1 aliphatic rings. The van der Waals surface area contributed by atoms with E-state index in [2.05, 4.69) is 10.5 Å². The molecule has 128 valence electrons. The minimum Gasteiger partial charge on any atom is -0.288 e. The number of carbonyl (C=O) groups is 2. The van der Waals surface area contributed by atoms with Gasteiger partial charge in [0.2, 0.25) is 0 Å². The van der Waals surface area contributed by atoms with Gasteiger partial charge in [-0.1, -0.05) is 31.4 Å². The molecule has 0 atom stereocenters. The van der Waals surface area contributed by atoms with E-state index in [9.17, 15) is 9.59 Å². The molecule has 0 spiro atoms. The zero-order valence-corrected chi connectivity index (χ0v) is 13.6. The van der Waals surface area contributed by atoms with Gasteiger partial charge in [0.15, 0.2) is 0 Å². The first-order valence-electron chi connectivity index (χ1n) is 8.27. The summed E-state index contributed by atoms with van der Waals surface area (Å²) in [5.74, 6) is -0.896. The third-order valence-electron chi connectivity index (χ3n) is 3.93. The molecule has 6 heteroatoms. The van der Waals surface area contributed by atoms with Gasteiger partial charge >= 0.3 is 0 Å². The Morgan fingerprint density at radius 3 is 2.50 bits per heavy atom. The molecule has 0 bridgehead atoms. The van der Waals surface area contributed by atoms with Crippen LogP contribution in [0.25, 0.3) is 6.08 Å². The quantitative estimate of drug-likeness (QED) is 0.450. The Morgan fingerprint density at radius 2 is 1.79 bits per heavy atom. The fourth-order valence-corrected chi connectivity index (χ4v) is 2.61. The number of benzene rings is 1. The van der Waals surface area contributed by atoms with E-state index >= 15 is 0 Å². The summed E-state index contributed by atoms with van der Waals surface area (Å²) in [7, 11) is 0. The summed E-state index contributed by atoms with van der Waals surface area (Å²) in [5, 5.41) is 12.7. The van der Waals surface area contributed by atoms with Crippen molar-refractivity contribution in [2.45, 2.75) is 44.9 Å². The highest BCUT2D eigenvalue weighted by atomic mass is 16.5. The molecule has 1 aromatic carbocycles. The normalized spacial score (nSPS) is 15.5. The van der Waals surface area contributed by atoms with Gasteiger partial charge in [-0.05, 0) is 49.5 Å². The van der Waals surface area contributed by atoms with Crippen molar-refractivity contribution in [1.29, 1.82) is 0 Å². The maximum Gasteiger partial charge on any atom is 0.271 e. The van der Waals surface area contributed by atoms with Gasteiger partial charge in [0.1, 0.15) is 0 Å². The number of nitrogens with zero attached hydrogens (tertiary/aromatic N) is 1. The Balaban J connectivity index is 1.98. The van der Waals surface area contributed by atoms with Gasteiger partial charge in [-0.15, -0.1) is 0 Å². The number of hydrogen-bond acceptors (Lipinski definition) is 4. The summed E-state index contributed by atoms with van der Waals surface area (Å²) in [6, 6.07) is 6.85. The summed E-state index contributed by atoms with van der Waals surface area (Å²) >= 11 is 0. The van der Waals surface area contributed by atoms with E-state index in [0.29, 0.717) is 11.1 Å². The van der Waals surface area contributed by atoms with Crippen molar-refractivity contribution in [3.8, 4) is 0 Å². The maximum absolute atomic E-state index is 12.2. The monoisotopic (exact) mass is 329 g/mol. The lowest BCUT2D eigenvalue weighted by Crippen LogP contribution is -2.20. The minimum atomic E-state index is -0.625. The van der Waals surface area contributed by atoms with Crippen LogP contribution in [-0.4, -0.2) is 22.7 Å². The van der Waals surface area contributed by atoms with Crippen LogP contribution in [0.3, 0.4) is 0 Å². The number of nitrogens with one attached hydrogen (secondary N) is 2. The molecule has 0 aromatic heterocycles. The first kappa shape index (κ1) is 17.9. The fourth-order valence-electron chi connectivity index (χ4n) is 2.61. The predicted octanol–water partition coefficient (Wildman–Crippen LogP) is 3.04. The number of rotatable bonds is 4. The second-order valence-electron chi connectivity index (χ2n) is 5.82. The van der Waals surface area contributed by atoms with Crippen molar-refractivity contribution in [1.82, 2.24) is 10.9 Å². The summed E-state index contributed by atoms with van der Waals surface area (Å²) in [6.45, 7) is 0. The van der Waals surface area contributed by atoms with Crippen LogP contribution in [0.2, 0.25) is 0 Å². The van der Waals surface area contributed by atoms with Crippen LogP contribution in [0.1, 0.15) is 60.9 Å². The Bertz CT molecular complexity index is 628. The minimum absolute atomic E-state index is 0.272. The summed E-state index contributed by atoms with van der Waals surface area (Å²) in [4.78, 5) is 23.2. The van der Waals surface area contributed by atoms with Crippen molar-refractivity contribution in [2.75, 3.05) is 0 Å². The lowest BCUT2D eigenvalue weighted by Gasteiger charge is -2.11. The van der Waals surface area contributed by atoms with E-state index in [4.69, 9.17) is 5.21 Å². The van der Waals surface area contributed by atoms with Gasteiger partial charge in [0, 0.05) is 17.4 Å². The molecule has 0 radical (unpaired) electrons. The number of carbonyl (C=O) groups excluding carboxylic acids is 2. The van der Waals surface area contributed by atoms with Crippen LogP contribution < -0.4 is 10.9 Å². The second-order valence-corrected chi connectivity index (χ2v) is 5.82. The highest BCUT2D eigenvalue weighted by Gasteiger charge is 2.08. The van der Waals surface area contributed by atoms with Gasteiger partial charge in [-0.25, -0.2) is 10.9 Å². The molecule has 6 nitrogen and oxygen atoms in total. The molecule has 0 unspecified atom stereocenters. The molecule has 0 heterocycles. The number of amides is 2. The Morgan fingerprint density at radius 1 is 1.08 bits per heavy atom. The standard InChI is InChI=1S/C18H23N3O3/c22-17(21-24)12-11-14-7-6-8-15(13-14)18(23)20-19-16-9-4-2-1-3-5-10-16/h6-8,11-13,24H,1-5,9-10H2,(H,20,23)(H,21,22)/b12-11+. The highest BCUT2D eigenvalue weighted by molar-refractivity contribution is 5.96. The first-order valence-corrected chi connectivity index (χ1v) is 8.27. The van der Waals surface area contributed by atoms with Gasteiger partial charge < -0.3 is 0 Å². The Hall–Kier alpha value is -2.47. The average Bonchev–Trinajstić information content (AvgIpc) is 2.58. The molecule has 1 aliphatic carbocycles. The van der Waals surface area contributed by atoms with E-state index in [-0.39, 0.29) is 5.91 Å². The van der Waals surface area contributed by atoms with E-state index < -0.39 is 5.91 Å². The SMILES string of the molecule is O=C(/C=C/c1cccc(C(=O)NN=C2CCCCCCC2)c1)NO. The van der Waals surface area contributed by atoms with Crippen LogP contribution in [0.4, 0.5) is 0 Å². The Labute approximate surface area is 141 Å². The smallest absolute Gasteiger partial charge is 0.271 e. The summed E-state index contributed by atoms with van der Waals surface area (Å²) in [6.07, 6.45) is 10.6. The first-order chi connectivity index (χ1) is 11.7.